The Labute approximate surface area is 120 Å². The largest absolute Gasteiger partial charge is 0.308 e. The van der Waals surface area contributed by atoms with Crippen LogP contribution in [0.1, 0.15) is 5.82 Å². The lowest BCUT2D eigenvalue weighted by Crippen LogP contribution is -2.11. The van der Waals surface area contributed by atoms with Gasteiger partial charge in [0.15, 0.2) is 11.5 Å². The summed E-state index contributed by atoms with van der Waals surface area (Å²) < 4.78 is 1.72. The van der Waals surface area contributed by atoms with Crippen LogP contribution in [0, 0.1) is 0 Å². The molecular weight excluding hydrogens is 272 g/mol. The van der Waals surface area contributed by atoms with Crippen LogP contribution >= 0.6 is 11.8 Å². The van der Waals surface area contributed by atoms with E-state index >= 15 is 0 Å². The zero-order valence-corrected chi connectivity index (χ0v) is 11.8. The number of aryl methyl sites for hydroxylation is 1. The van der Waals surface area contributed by atoms with Gasteiger partial charge in [0.1, 0.15) is 5.82 Å². The first-order valence-electron chi connectivity index (χ1n) is 6.11. The number of rotatable bonds is 4. The highest BCUT2D eigenvalue weighted by atomic mass is 32.2. The van der Waals surface area contributed by atoms with Crippen molar-refractivity contribution in [3.63, 3.8) is 0 Å². The minimum Gasteiger partial charge on any atom is -0.308 e. The quantitative estimate of drug-likeness (QED) is 0.433. The number of hydrogen-bond acceptors (Lipinski definition) is 6. The van der Waals surface area contributed by atoms with Gasteiger partial charge in [-0.1, -0.05) is 18.2 Å². The van der Waals surface area contributed by atoms with Gasteiger partial charge in [0.2, 0.25) is 0 Å². The van der Waals surface area contributed by atoms with Crippen molar-refractivity contribution in [3.05, 3.63) is 42.4 Å². The molecule has 0 radical (unpaired) electrons. The zero-order valence-electron chi connectivity index (χ0n) is 10.9. The number of aromatic nitrogens is 4. The fraction of sp³-hybridized carbons (Fsp3) is 0.154. The van der Waals surface area contributed by atoms with Crippen LogP contribution in [0.25, 0.3) is 11.0 Å². The van der Waals surface area contributed by atoms with Crippen LogP contribution in [0.4, 0.5) is 5.82 Å². The Morgan fingerprint density at radius 1 is 1.25 bits per heavy atom. The fourth-order valence-corrected chi connectivity index (χ4v) is 2.68. The molecule has 3 N–H and O–H groups in total. The smallest absolute Gasteiger partial charge is 0.163 e. The van der Waals surface area contributed by atoms with E-state index in [1.54, 1.807) is 22.6 Å². The predicted octanol–water partition coefficient (Wildman–Crippen LogP) is 1.94. The Hall–Kier alpha value is -2.12. The first kappa shape index (κ1) is 12.9. The van der Waals surface area contributed by atoms with Crippen LogP contribution in [-0.2, 0) is 12.8 Å². The summed E-state index contributed by atoms with van der Waals surface area (Å²) in [6, 6.07) is 10.2. The molecule has 6 nitrogen and oxygen atoms in total. The van der Waals surface area contributed by atoms with E-state index in [1.165, 1.54) is 4.90 Å². The molecule has 0 saturated heterocycles. The van der Waals surface area contributed by atoms with Crippen molar-refractivity contribution in [1.82, 2.24) is 19.7 Å². The molecule has 0 spiro atoms. The highest BCUT2D eigenvalue weighted by Crippen LogP contribution is 2.24. The van der Waals surface area contributed by atoms with E-state index in [-0.39, 0.29) is 0 Å². The monoisotopic (exact) mass is 286 g/mol. The van der Waals surface area contributed by atoms with Gasteiger partial charge in [-0.3, -0.25) is 4.68 Å². The number of hydrogen-bond donors (Lipinski definition) is 2. The van der Waals surface area contributed by atoms with Gasteiger partial charge in [-0.05, 0) is 12.1 Å². The summed E-state index contributed by atoms with van der Waals surface area (Å²) in [5.41, 5.74) is 3.38. The maximum atomic E-state index is 5.52. The molecule has 2 aromatic heterocycles. The summed E-state index contributed by atoms with van der Waals surface area (Å²) >= 11 is 1.69. The van der Waals surface area contributed by atoms with Crippen LogP contribution in [0.2, 0.25) is 0 Å². The van der Waals surface area contributed by atoms with E-state index in [0.29, 0.717) is 11.6 Å². The molecule has 1 aromatic carbocycles. The maximum Gasteiger partial charge on any atom is 0.163 e. The summed E-state index contributed by atoms with van der Waals surface area (Å²) in [7, 11) is 1.85. The highest BCUT2D eigenvalue weighted by Gasteiger charge is 2.10. The summed E-state index contributed by atoms with van der Waals surface area (Å²) in [5, 5.41) is 5.00. The third kappa shape index (κ3) is 2.45. The van der Waals surface area contributed by atoms with Crippen LogP contribution in [0.5, 0.6) is 0 Å². The molecule has 0 saturated carbocycles. The molecule has 0 bridgehead atoms. The number of nitrogens with zero attached hydrogens (tertiary/aromatic N) is 4. The second-order valence-electron chi connectivity index (χ2n) is 4.24. The van der Waals surface area contributed by atoms with E-state index in [4.69, 9.17) is 5.84 Å². The second kappa shape index (κ2) is 5.48. The van der Waals surface area contributed by atoms with Crippen molar-refractivity contribution in [1.29, 1.82) is 0 Å². The average molecular weight is 286 g/mol. The Morgan fingerprint density at radius 3 is 2.80 bits per heavy atom. The Morgan fingerprint density at radius 2 is 2.05 bits per heavy atom. The number of anilines is 1. The van der Waals surface area contributed by atoms with Gasteiger partial charge in [0.25, 0.3) is 0 Å². The van der Waals surface area contributed by atoms with Gasteiger partial charge < -0.3 is 5.43 Å². The maximum absolute atomic E-state index is 5.52. The van der Waals surface area contributed by atoms with Crippen LogP contribution in [0.15, 0.2) is 41.4 Å². The van der Waals surface area contributed by atoms with E-state index in [0.717, 1.165) is 16.9 Å². The van der Waals surface area contributed by atoms with Gasteiger partial charge in [-0.25, -0.2) is 15.8 Å². The molecule has 0 aliphatic heterocycles. The summed E-state index contributed by atoms with van der Waals surface area (Å²) in [5.74, 6) is 7.53. The normalized spacial score (nSPS) is 10.9. The molecule has 0 atom stereocenters. The van der Waals surface area contributed by atoms with Crippen molar-refractivity contribution in [2.75, 3.05) is 5.43 Å². The minimum atomic E-state index is 0.603. The van der Waals surface area contributed by atoms with Crippen molar-refractivity contribution in [2.45, 2.75) is 10.6 Å². The Balaban J connectivity index is 1.89. The second-order valence-corrected chi connectivity index (χ2v) is 5.29. The number of nitrogens with two attached hydrogens (primary N) is 1. The van der Waals surface area contributed by atoms with Crippen molar-refractivity contribution < 1.29 is 0 Å². The first-order chi connectivity index (χ1) is 9.78. The lowest BCUT2D eigenvalue weighted by Gasteiger charge is -2.05. The summed E-state index contributed by atoms with van der Waals surface area (Å²) in [6.07, 6.45) is 1.71. The molecule has 7 heteroatoms. The molecule has 102 valence electrons. The lowest BCUT2D eigenvalue weighted by molar-refractivity contribution is 0.782. The van der Waals surface area contributed by atoms with Crippen molar-refractivity contribution in [3.8, 4) is 0 Å². The van der Waals surface area contributed by atoms with Crippen molar-refractivity contribution >= 4 is 28.6 Å². The number of nitrogens with one attached hydrogen (secondary N) is 1. The number of nitrogen functional groups attached to an aromatic ring is 1. The molecule has 0 fully saturated rings. The van der Waals surface area contributed by atoms with Gasteiger partial charge in [-0.2, -0.15) is 5.10 Å². The molecule has 2 heterocycles. The van der Waals surface area contributed by atoms with E-state index in [1.807, 2.05) is 25.2 Å². The lowest BCUT2D eigenvalue weighted by atomic mass is 10.4. The number of hydrazine groups is 1. The van der Waals surface area contributed by atoms with Crippen LogP contribution < -0.4 is 11.3 Å². The number of benzene rings is 1. The van der Waals surface area contributed by atoms with E-state index in [9.17, 15) is 0 Å². The molecule has 0 amide bonds. The number of thioether (sulfide) groups is 1. The molecule has 20 heavy (non-hydrogen) atoms. The van der Waals surface area contributed by atoms with Crippen LogP contribution in [-0.4, -0.2) is 19.7 Å². The standard InChI is InChI=1S/C13H14N6S/c1-19-13-10(7-15-19)12(18-14)16-11(17-13)8-20-9-5-3-2-4-6-9/h2-7H,8,14H2,1H3,(H,16,17,18). The van der Waals surface area contributed by atoms with E-state index < -0.39 is 0 Å². The summed E-state index contributed by atoms with van der Waals surface area (Å²) in [4.78, 5) is 10.1. The zero-order chi connectivity index (χ0) is 13.9. The topological polar surface area (TPSA) is 81.7 Å². The van der Waals surface area contributed by atoms with Crippen molar-refractivity contribution in [2.24, 2.45) is 12.9 Å². The van der Waals surface area contributed by atoms with Gasteiger partial charge in [-0.15, -0.1) is 11.8 Å². The highest BCUT2D eigenvalue weighted by molar-refractivity contribution is 7.98. The first-order valence-corrected chi connectivity index (χ1v) is 7.09. The SMILES string of the molecule is Cn1ncc2c(NN)nc(CSc3ccccc3)nc21. The molecule has 0 aliphatic rings. The van der Waals surface area contributed by atoms with Gasteiger partial charge >= 0.3 is 0 Å². The van der Waals surface area contributed by atoms with E-state index in [2.05, 4.69) is 32.6 Å². The Bertz CT molecular complexity index is 724. The molecule has 3 rings (SSSR count). The van der Waals surface area contributed by atoms with Gasteiger partial charge in [0.05, 0.1) is 17.3 Å². The third-order valence-corrected chi connectivity index (χ3v) is 3.89. The molecular formula is C13H14N6S. The Kier molecular flexibility index (Phi) is 3.53. The van der Waals surface area contributed by atoms with Gasteiger partial charge in [0, 0.05) is 11.9 Å². The summed E-state index contributed by atoms with van der Waals surface area (Å²) in [6.45, 7) is 0. The fourth-order valence-electron chi connectivity index (χ4n) is 1.91. The predicted molar refractivity (Wildman–Crippen MR) is 80.1 cm³/mol. The average Bonchev–Trinajstić information content (AvgIpc) is 2.87. The number of fused-ring (bicyclic) bond motifs is 1. The molecule has 0 aliphatic carbocycles. The minimum absolute atomic E-state index is 0.603. The molecule has 3 aromatic rings. The third-order valence-electron chi connectivity index (χ3n) is 2.89. The van der Waals surface area contributed by atoms with Crippen LogP contribution in [0.3, 0.4) is 0 Å². The molecule has 0 unspecified atom stereocenters.